The molecule has 1 unspecified atom stereocenters. The van der Waals surface area contributed by atoms with E-state index >= 15 is 0 Å². The second kappa shape index (κ2) is 6.78. The van der Waals surface area contributed by atoms with Gasteiger partial charge in [-0.2, -0.15) is 0 Å². The number of aromatic nitrogens is 3. The molecular formula is C18H19FN4O2. The third kappa shape index (κ3) is 3.33. The van der Waals surface area contributed by atoms with E-state index in [1.54, 1.807) is 31.6 Å². The summed E-state index contributed by atoms with van der Waals surface area (Å²) in [4.78, 5) is 14.1. The summed E-state index contributed by atoms with van der Waals surface area (Å²) in [6.45, 7) is 1.32. The van der Waals surface area contributed by atoms with E-state index in [0.29, 0.717) is 23.8 Å². The summed E-state index contributed by atoms with van der Waals surface area (Å²) in [5.74, 6) is 1.77. The first-order valence-electron chi connectivity index (χ1n) is 8.19. The molecule has 0 spiro atoms. The van der Waals surface area contributed by atoms with Crippen molar-refractivity contribution < 1.29 is 13.5 Å². The zero-order valence-electron chi connectivity index (χ0n) is 13.9. The van der Waals surface area contributed by atoms with Crippen LogP contribution >= 0.6 is 0 Å². The second-order valence-corrected chi connectivity index (χ2v) is 6.14. The fourth-order valence-electron chi connectivity index (χ4n) is 3.28. The molecule has 2 aromatic heterocycles. The fourth-order valence-corrected chi connectivity index (χ4v) is 3.28. The van der Waals surface area contributed by atoms with Crippen molar-refractivity contribution in [1.29, 1.82) is 0 Å². The van der Waals surface area contributed by atoms with E-state index < -0.39 is 0 Å². The van der Waals surface area contributed by atoms with Gasteiger partial charge in [-0.15, -0.1) is 0 Å². The van der Waals surface area contributed by atoms with Gasteiger partial charge in [0.15, 0.2) is 5.76 Å². The van der Waals surface area contributed by atoms with Crippen molar-refractivity contribution in [2.75, 3.05) is 13.7 Å². The van der Waals surface area contributed by atoms with Crippen LogP contribution in [-0.2, 0) is 11.3 Å². The number of aromatic amines is 1. The number of benzene rings is 1. The van der Waals surface area contributed by atoms with Crippen molar-refractivity contribution in [1.82, 2.24) is 19.9 Å². The summed E-state index contributed by atoms with van der Waals surface area (Å²) >= 11 is 0. The lowest BCUT2D eigenvalue weighted by molar-refractivity contribution is 0.106. The van der Waals surface area contributed by atoms with Crippen LogP contribution in [0.3, 0.4) is 0 Å². The van der Waals surface area contributed by atoms with Crippen LogP contribution in [0.5, 0.6) is 0 Å². The van der Waals surface area contributed by atoms with Crippen molar-refractivity contribution >= 4 is 0 Å². The molecule has 1 saturated heterocycles. The van der Waals surface area contributed by atoms with Gasteiger partial charge in [-0.1, -0.05) is 12.1 Å². The first kappa shape index (κ1) is 16.0. The van der Waals surface area contributed by atoms with Crippen LogP contribution in [0, 0.1) is 5.82 Å². The van der Waals surface area contributed by atoms with Gasteiger partial charge in [0.2, 0.25) is 5.89 Å². The highest BCUT2D eigenvalue weighted by atomic mass is 19.1. The molecule has 2 atom stereocenters. The quantitative estimate of drug-likeness (QED) is 0.771. The number of oxazole rings is 1. The summed E-state index contributed by atoms with van der Waals surface area (Å²) in [5.41, 5.74) is 0.678. The molecule has 0 bridgehead atoms. The maximum absolute atomic E-state index is 13.4. The average Bonchev–Trinajstić information content (AvgIpc) is 3.35. The van der Waals surface area contributed by atoms with E-state index in [2.05, 4.69) is 19.9 Å². The van der Waals surface area contributed by atoms with Gasteiger partial charge in [-0.05, 0) is 18.6 Å². The number of hydrogen-bond acceptors (Lipinski definition) is 5. The molecule has 0 amide bonds. The van der Waals surface area contributed by atoms with Crippen LogP contribution < -0.4 is 0 Å². The monoisotopic (exact) mass is 342 g/mol. The van der Waals surface area contributed by atoms with Crippen LogP contribution in [0.25, 0.3) is 11.3 Å². The lowest BCUT2D eigenvalue weighted by atomic mass is 10.2. The molecule has 130 valence electrons. The maximum atomic E-state index is 13.4. The normalized spacial score (nSPS) is 21.0. The zero-order chi connectivity index (χ0) is 17.2. The highest BCUT2D eigenvalue weighted by Crippen LogP contribution is 2.33. The van der Waals surface area contributed by atoms with Crippen LogP contribution in [0.1, 0.15) is 24.2 Å². The van der Waals surface area contributed by atoms with E-state index in [1.807, 2.05) is 6.20 Å². The summed E-state index contributed by atoms with van der Waals surface area (Å²) in [6.07, 6.45) is 6.21. The Labute approximate surface area is 144 Å². The zero-order valence-corrected chi connectivity index (χ0v) is 13.9. The van der Waals surface area contributed by atoms with E-state index in [-0.39, 0.29) is 18.0 Å². The predicted molar refractivity (Wildman–Crippen MR) is 89.0 cm³/mol. The summed E-state index contributed by atoms with van der Waals surface area (Å²) in [6, 6.07) is 6.43. The molecular weight excluding hydrogens is 323 g/mol. The van der Waals surface area contributed by atoms with Gasteiger partial charge in [-0.3, -0.25) is 4.90 Å². The minimum absolute atomic E-state index is 0.129. The lowest BCUT2D eigenvalue weighted by Gasteiger charge is -2.20. The highest BCUT2D eigenvalue weighted by Gasteiger charge is 2.35. The molecule has 7 heteroatoms. The number of methoxy groups -OCH3 is 1. The van der Waals surface area contributed by atoms with E-state index in [1.165, 1.54) is 12.1 Å². The molecule has 1 fully saturated rings. The second-order valence-electron chi connectivity index (χ2n) is 6.14. The third-order valence-electron chi connectivity index (χ3n) is 4.53. The Balaban J connectivity index is 1.53. The topological polar surface area (TPSA) is 67.2 Å². The summed E-state index contributed by atoms with van der Waals surface area (Å²) in [7, 11) is 1.72. The first-order chi connectivity index (χ1) is 12.2. The molecule has 1 aliphatic heterocycles. The molecule has 3 heterocycles. The van der Waals surface area contributed by atoms with Gasteiger partial charge in [0.05, 0.1) is 24.9 Å². The van der Waals surface area contributed by atoms with Crippen molar-refractivity contribution in [3.63, 3.8) is 0 Å². The molecule has 4 rings (SSSR count). The number of nitrogens with zero attached hydrogens (tertiary/aromatic N) is 3. The Hall–Kier alpha value is -2.51. The Morgan fingerprint density at radius 2 is 2.32 bits per heavy atom. The van der Waals surface area contributed by atoms with Crippen molar-refractivity contribution in [3.8, 4) is 11.3 Å². The molecule has 0 radical (unpaired) electrons. The van der Waals surface area contributed by atoms with Crippen LogP contribution in [-0.4, -0.2) is 39.6 Å². The van der Waals surface area contributed by atoms with Gasteiger partial charge in [0.1, 0.15) is 11.6 Å². The van der Waals surface area contributed by atoms with Gasteiger partial charge in [0.25, 0.3) is 0 Å². The largest absolute Gasteiger partial charge is 0.439 e. The SMILES string of the molecule is CO[C@@H]1CC(c2ncc[nH]2)N(Cc2ncc(-c3cccc(F)c3)o2)C1. The third-order valence-corrected chi connectivity index (χ3v) is 4.53. The molecule has 3 aromatic rings. The van der Waals surface area contributed by atoms with Gasteiger partial charge in [-0.25, -0.2) is 14.4 Å². The van der Waals surface area contributed by atoms with Crippen molar-refractivity contribution in [2.24, 2.45) is 0 Å². The van der Waals surface area contributed by atoms with Crippen molar-refractivity contribution in [2.45, 2.75) is 25.1 Å². The standard InChI is InChI=1S/C18H19FN4O2/c1-24-14-8-15(18-20-5-6-21-18)23(10-14)11-17-22-9-16(25-17)12-3-2-4-13(19)7-12/h2-7,9,14-15H,8,10-11H2,1H3,(H,20,21)/t14-,15?/m1/s1. The molecule has 25 heavy (non-hydrogen) atoms. The molecule has 0 saturated carbocycles. The first-order valence-corrected chi connectivity index (χ1v) is 8.19. The van der Waals surface area contributed by atoms with Gasteiger partial charge < -0.3 is 14.1 Å². The van der Waals surface area contributed by atoms with E-state index in [0.717, 1.165) is 18.8 Å². The number of imidazole rings is 1. The average molecular weight is 342 g/mol. The van der Waals surface area contributed by atoms with Gasteiger partial charge >= 0.3 is 0 Å². The molecule has 6 nitrogen and oxygen atoms in total. The van der Waals surface area contributed by atoms with Gasteiger partial charge in [0, 0.05) is 31.6 Å². The number of hydrogen-bond donors (Lipinski definition) is 1. The summed E-state index contributed by atoms with van der Waals surface area (Å²) in [5, 5.41) is 0. The lowest BCUT2D eigenvalue weighted by Crippen LogP contribution is -2.25. The number of rotatable bonds is 5. The Kier molecular flexibility index (Phi) is 4.33. The Morgan fingerprint density at radius 3 is 3.08 bits per heavy atom. The number of likely N-dealkylation sites (tertiary alicyclic amines) is 1. The molecule has 0 aliphatic carbocycles. The van der Waals surface area contributed by atoms with Crippen LogP contribution in [0.4, 0.5) is 4.39 Å². The molecule has 1 aromatic carbocycles. The van der Waals surface area contributed by atoms with E-state index in [4.69, 9.17) is 9.15 Å². The number of ether oxygens (including phenoxy) is 1. The Morgan fingerprint density at radius 1 is 1.40 bits per heavy atom. The fraction of sp³-hybridized carbons (Fsp3) is 0.333. The van der Waals surface area contributed by atoms with Crippen LogP contribution in [0.15, 0.2) is 47.3 Å². The number of nitrogens with one attached hydrogen (secondary N) is 1. The smallest absolute Gasteiger partial charge is 0.209 e. The minimum Gasteiger partial charge on any atom is -0.439 e. The van der Waals surface area contributed by atoms with E-state index in [9.17, 15) is 4.39 Å². The maximum Gasteiger partial charge on any atom is 0.209 e. The summed E-state index contributed by atoms with van der Waals surface area (Å²) < 4.78 is 24.7. The number of H-pyrrole nitrogens is 1. The number of halogens is 1. The minimum atomic E-state index is -0.296. The molecule has 1 aliphatic rings. The van der Waals surface area contributed by atoms with Crippen molar-refractivity contribution in [3.05, 3.63) is 60.4 Å². The van der Waals surface area contributed by atoms with Crippen LogP contribution in [0.2, 0.25) is 0 Å². The Bertz CT molecular complexity index is 833. The molecule has 1 N–H and O–H groups in total. The highest BCUT2D eigenvalue weighted by molar-refractivity contribution is 5.56. The predicted octanol–water partition coefficient (Wildman–Crippen LogP) is 3.17.